The van der Waals surface area contributed by atoms with Gasteiger partial charge in [-0.1, -0.05) is 6.07 Å². The molecule has 0 saturated carbocycles. The minimum atomic E-state index is -0.552. The quantitative estimate of drug-likeness (QED) is 0.355. The van der Waals surface area contributed by atoms with E-state index >= 15 is 0 Å². The van der Waals surface area contributed by atoms with E-state index < -0.39 is 11.9 Å². The maximum absolute atomic E-state index is 12.2. The highest BCUT2D eigenvalue weighted by molar-refractivity contribution is 9.11. The molecule has 0 radical (unpaired) electrons. The molecular formula is C19H13Br2NO5. The summed E-state index contributed by atoms with van der Waals surface area (Å²) in [6.07, 6.45) is 1.59. The molecule has 2 aromatic rings. The second kappa shape index (κ2) is 8.06. The molecule has 0 bridgehead atoms. The lowest BCUT2D eigenvalue weighted by molar-refractivity contribution is -0.132. The second-order valence-corrected chi connectivity index (χ2v) is 7.18. The van der Waals surface area contributed by atoms with Crippen LogP contribution < -0.4 is 9.47 Å². The second-order valence-electron chi connectivity index (χ2n) is 5.48. The normalized spacial score (nSPS) is 14.7. The third kappa shape index (κ3) is 4.45. The van der Waals surface area contributed by atoms with E-state index in [1.165, 1.54) is 6.92 Å². The predicted octanol–water partition coefficient (Wildman–Crippen LogP) is 4.49. The number of rotatable bonds is 4. The molecule has 0 N–H and O–H groups in total. The van der Waals surface area contributed by atoms with Crippen LogP contribution in [0.15, 0.2) is 56.0 Å². The summed E-state index contributed by atoms with van der Waals surface area (Å²) in [6.45, 7) is 1.32. The highest BCUT2D eigenvalue weighted by atomic mass is 79.9. The number of carbonyl (C=O) groups is 2. The molecular weight excluding hydrogens is 482 g/mol. The SMILES string of the molecule is COc1cccc(C2=NC(=Cc3cc(Br)c(OC(C)=O)c(Br)c3)C(=O)O2)c1. The van der Waals surface area contributed by atoms with Crippen LogP contribution in [-0.2, 0) is 14.3 Å². The summed E-state index contributed by atoms with van der Waals surface area (Å²) in [5.74, 6) is 0.218. The highest BCUT2D eigenvalue weighted by Gasteiger charge is 2.24. The van der Waals surface area contributed by atoms with E-state index in [1.54, 1.807) is 49.6 Å². The first kappa shape index (κ1) is 19.3. The summed E-state index contributed by atoms with van der Waals surface area (Å²) in [7, 11) is 1.56. The van der Waals surface area contributed by atoms with Crippen molar-refractivity contribution in [3.63, 3.8) is 0 Å². The largest absolute Gasteiger partial charge is 0.497 e. The van der Waals surface area contributed by atoms with Crippen molar-refractivity contribution in [3.05, 3.63) is 62.2 Å². The molecule has 0 saturated heterocycles. The molecule has 0 aromatic heterocycles. The first-order valence-corrected chi connectivity index (χ1v) is 9.30. The molecule has 8 heteroatoms. The summed E-state index contributed by atoms with van der Waals surface area (Å²) < 4.78 is 16.7. The molecule has 1 aliphatic rings. The zero-order valence-corrected chi connectivity index (χ0v) is 17.5. The molecule has 0 unspecified atom stereocenters. The summed E-state index contributed by atoms with van der Waals surface area (Å²) in [5.41, 5.74) is 1.47. The van der Waals surface area contributed by atoms with Gasteiger partial charge in [0.25, 0.3) is 0 Å². The minimum absolute atomic E-state index is 0.159. The summed E-state index contributed by atoms with van der Waals surface area (Å²) in [4.78, 5) is 27.6. The van der Waals surface area contributed by atoms with Crippen LogP contribution in [0.4, 0.5) is 0 Å². The number of hydrogen-bond donors (Lipinski definition) is 0. The van der Waals surface area contributed by atoms with Gasteiger partial charge in [-0.15, -0.1) is 0 Å². The lowest BCUT2D eigenvalue weighted by Crippen LogP contribution is -2.05. The van der Waals surface area contributed by atoms with E-state index in [2.05, 4.69) is 36.9 Å². The number of cyclic esters (lactones) is 1. The Morgan fingerprint density at radius 3 is 2.52 bits per heavy atom. The molecule has 0 spiro atoms. The molecule has 3 rings (SSSR count). The summed E-state index contributed by atoms with van der Waals surface area (Å²) in [5, 5.41) is 0. The number of benzene rings is 2. The predicted molar refractivity (Wildman–Crippen MR) is 107 cm³/mol. The van der Waals surface area contributed by atoms with Crippen LogP contribution in [-0.4, -0.2) is 24.9 Å². The number of nitrogens with zero attached hydrogens (tertiary/aromatic N) is 1. The van der Waals surface area contributed by atoms with Gasteiger partial charge in [-0.25, -0.2) is 9.79 Å². The van der Waals surface area contributed by atoms with Crippen molar-refractivity contribution in [2.45, 2.75) is 6.92 Å². The van der Waals surface area contributed by atoms with Crippen molar-refractivity contribution in [3.8, 4) is 11.5 Å². The molecule has 0 atom stereocenters. The molecule has 1 heterocycles. The van der Waals surface area contributed by atoms with Crippen molar-refractivity contribution in [1.29, 1.82) is 0 Å². The van der Waals surface area contributed by atoms with E-state index in [1.807, 2.05) is 0 Å². The van der Waals surface area contributed by atoms with E-state index in [0.29, 0.717) is 31.6 Å². The third-order valence-electron chi connectivity index (χ3n) is 3.51. The number of methoxy groups -OCH3 is 1. The highest BCUT2D eigenvalue weighted by Crippen LogP contribution is 2.36. The average Bonchev–Trinajstić information content (AvgIpc) is 2.99. The smallest absolute Gasteiger partial charge is 0.363 e. The van der Waals surface area contributed by atoms with Gasteiger partial charge in [0.1, 0.15) is 5.75 Å². The van der Waals surface area contributed by atoms with Gasteiger partial charge >= 0.3 is 11.9 Å². The molecule has 6 nitrogen and oxygen atoms in total. The fraction of sp³-hybridized carbons (Fsp3) is 0.105. The lowest BCUT2D eigenvalue weighted by atomic mass is 10.2. The van der Waals surface area contributed by atoms with Gasteiger partial charge in [-0.05, 0) is 73.8 Å². The van der Waals surface area contributed by atoms with Gasteiger partial charge in [-0.3, -0.25) is 4.79 Å². The zero-order valence-electron chi connectivity index (χ0n) is 14.3. The summed E-state index contributed by atoms with van der Waals surface area (Å²) >= 11 is 6.71. The van der Waals surface area contributed by atoms with Crippen LogP contribution in [0.25, 0.3) is 6.08 Å². The summed E-state index contributed by atoms with van der Waals surface area (Å²) in [6, 6.07) is 10.5. The standard InChI is InChI=1S/C19H13Br2NO5/c1-10(23)26-17-14(20)6-11(7-15(17)21)8-16-19(24)27-18(22-16)12-4-3-5-13(9-12)25-2/h3-9H,1-2H3. The van der Waals surface area contributed by atoms with Gasteiger partial charge in [0.05, 0.1) is 16.1 Å². The Bertz CT molecular complexity index is 974. The first-order chi connectivity index (χ1) is 12.9. The molecule has 0 amide bonds. The molecule has 0 aliphatic carbocycles. The fourth-order valence-electron chi connectivity index (χ4n) is 2.35. The number of hydrogen-bond acceptors (Lipinski definition) is 6. The van der Waals surface area contributed by atoms with E-state index in [-0.39, 0.29) is 11.6 Å². The Morgan fingerprint density at radius 1 is 1.19 bits per heavy atom. The fourth-order valence-corrected chi connectivity index (χ4v) is 3.73. The maximum Gasteiger partial charge on any atom is 0.363 e. The first-order valence-electron chi connectivity index (χ1n) is 7.72. The zero-order chi connectivity index (χ0) is 19.6. The number of esters is 2. The van der Waals surface area contributed by atoms with Crippen molar-refractivity contribution < 1.29 is 23.8 Å². The van der Waals surface area contributed by atoms with Crippen LogP contribution in [0.2, 0.25) is 0 Å². The Hall–Kier alpha value is -2.45. The van der Waals surface area contributed by atoms with Gasteiger partial charge < -0.3 is 14.2 Å². The van der Waals surface area contributed by atoms with Gasteiger partial charge in [0.2, 0.25) is 5.90 Å². The monoisotopic (exact) mass is 493 g/mol. The van der Waals surface area contributed by atoms with Crippen molar-refractivity contribution >= 4 is 55.8 Å². The molecule has 138 valence electrons. The van der Waals surface area contributed by atoms with Crippen LogP contribution in [0, 0.1) is 0 Å². The Labute approximate surface area is 172 Å². The van der Waals surface area contributed by atoms with Crippen LogP contribution in [0.1, 0.15) is 18.1 Å². The molecule has 27 heavy (non-hydrogen) atoms. The van der Waals surface area contributed by atoms with Crippen LogP contribution in [0.3, 0.4) is 0 Å². The van der Waals surface area contributed by atoms with Gasteiger partial charge in [0.15, 0.2) is 11.4 Å². The van der Waals surface area contributed by atoms with Gasteiger partial charge in [-0.2, -0.15) is 0 Å². The number of halogens is 2. The number of aliphatic imine (C=N–C) groups is 1. The maximum atomic E-state index is 12.2. The van der Waals surface area contributed by atoms with Gasteiger partial charge in [0, 0.05) is 12.5 Å². The van der Waals surface area contributed by atoms with Crippen LogP contribution in [0.5, 0.6) is 11.5 Å². The minimum Gasteiger partial charge on any atom is -0.497 e. The molecule has 1 aliphatic heterocycles. The molecule has 2 aromatic carbocycles. The Kier molecular flexibility index (Phi) is 5.76. The Morgan fingerprint density at radius 2 is 1.89 bits per heavy atom. The topological polar surface area (TPSA) is 74.2 Å². The van der Waals surface area contributed by atoms with Crippen molar-refractivity contribution in [1.82, 2.24) is 0 Å². The van der Waals surface area contributed by atoms with E-state index in [4.69, 9.17) is 14.2 Å². The van der Waals surface area contributed by atoms with E-state index in [9.17, 15) is 9.59 Å². The van der Waals surface area contributed by atoms with Crippen molar-refractivity contribution in [2.75, 3.05) is 7.11 Å². The number of ether oxygens (including phenoxy) is 3. The van der Waals surface area contributed by atoms with E-state index in [0.717, 1.165) is 0 Å². The number of carbonyl (C=O) groups excluding carboxylic acids is 2. The lowest BCUT2D eigenvalue weighted by Gasteiger charge is -2.08. The Balaban J connectivity index is 1.93. The average molecular weight is 495 g/mol. The van der Waals surface area contributed by atoms with Crippen LogP contribution >= 0.6 is 31.9 Å². The van der Waals surface area contributed by atoms with Crippen molar-refractivity contribution in [2.24, 2.45) is 4.99 Å². The third-order valence-corrected chi connectivity index (χ3v) is 4.69. The molecule has 0 fully saturated rings.